The Balaban J connectivity index is 1.24. The van der Waals surface area contributed by atoms with Crippen LogP contribution in [-0.2, 0) is 11.2 Å². The molecule has 0 saturated carbocycles. The van der Waals surface area contributed by atoms with Gasteiger partial charge in [0.15, 0.2) is 0 Å². The molecule has 2 aromatic heterocycles. The van der Waals surface area contributed by atoms with Crippen LogP contribution in [0.15, 0.2) is 42.6 Å². The van der Waals surface area contributed by atoms with Crippen molar-refractivity contribution in [3.63, 3.8) is 0 Å². The molecule has 5 heterocycles. The lowest BCUT2D eigenvalue weighted by molar-refractivity contribution is 0.122. The number of aromatic hydroxyl groups is 1. The molecule has 0 unspecified atom stereocenters. The zero-order chi connectivity index (χ0) is 25.7. The lowest BCUT2D eigenvalue weighted by atomic mass is 10.1. The number of fused-ring (bicyclic) bond motifs is 1. The number of pyridine rings is 1. The fraction of sp³-hybridized carbons (Fsp3) is 0.464. The van der Waals surface area contributed by atoms with E-state index in [2.05, 4.69) is 36.4 Å². The molecule has 3 aliphatic heterocycles. The standard InChI is InChI=1S/C28H36N8O2/c37-23-4-1-3-21(19-23)26-24-6-12-36(27(24)33-28(32-26)35-15-17-38-18-16-35)22-5-8-31-25(20-22)30-7-2-11-34-13-9-29-10-14-34/h1,3-5,8,19-20,29,37H,2,6-7,9-18H2,(H,30,31). The summed E-state index contributed by atoms with van der Waals surface area (Å²) in [6.45, 7) is 10.1. The molecule has 6 rings (SSSR count). The highest BCUT2D eigenvalue weighted by Crippen LogP contribution is 2.40. The summed E-state index contributed by atoms with van der Waals surface area (Å²) in [6, 6.07) is 11.5. The monoisotopic (exact) mass is 516 g/mol. The zero-order valence-electron chi connectivity index (χ0n) is 21.8. The van der Waals surface area contributed by atoms with E-state index >= 15 is 0 Å². The number of benzene rings is 1. The van der Waals surface area contributed by atoms with Crippen molar-refractivity contribution in [2.24, 2.45) is 0 Å². The van der Waals surface area contributed by atoms with Gasteiger partial charge in [-0.2, -0.15) is 4.98 Å². The SMILES string of the molecule is Oc1cccc(-c2nc(N3CCOCC3)nc3c2CCN3c2ccnc(NCCCN3CCNCC3)c2)c1. The minimum atomic E-state index is 0.236. The molecule has 0 spiro atoms. The molecule has 0 radical (unpaired) electrons. The molecule has 0 amide bonds. The predicted molar refractivity (Wildman–Crippen MR) is 150 cm³/mol. The van der Waals surface area contributed by atoms with E-state index < -0.39 is 0 Å². The maximum Gasteiger partial charge on any atom is 0.228 e. The van der Waals surface area contributed by atoms with Crippen molar-refractivity contribution in [3.8, 4) is 17.0 Å². The van der Waals surface area contributed by atoms with Crippen LogP contribution in [0.3, 0.4) is 0 Å². The summed E-state index contributed by atoms with van der Waals surface area (Å²) >= 11 is 0. The Labute approximate surface area is 223 Å². The Hall–Kier alpha value is -3.47. The summed E-state index contributed by atoms with van der Waals surface area (Å²) in [4.78, 5) is 21.6. The summed E-state index contributed by atoms with van der Waals surface area (Å²) in [5.74, 6) is 2.75. The van der Waals surface area contributed by atoms with Gasteiger partial charge in [0.1, 0.15) is 17.4 Å². The quantitative estimate of drug-likeness (QED) is 0.387. The van der Waals surface area contributed by atoms with Crippen molar-refractivity contribution in [3.05, 3.63) is 48.2 Å². The van der Waals surface area contributed by atoms with Gasteiger partial charge in [0, 0.05) is 81.4 Å². The van der Waals surface area contributed by atoms with Crippen LogP contribution in [0.25, 0.3) is 11.3 Å². The van der Waals surface area contributed by atoms with Gasteiger partial charge in [0.25, 0.3) is 0 Å². The number of nitrogens with one attached hydrogen (secondary N) is 2. The van der Waals surface area contributed by atoms with Crippen LogP contribution in [0.2, 0.25) is 0 Å². The second-order valence-electron chi connectivity index (χ2n) is 10.00. The first kappa shape index (κ1) is 24.8. The van der Waals surface area contributed by atoms with Gasteiger partial charge >= 0.3 is 0 Å². The summed E-state index contributed by atoms with van der Waals surface area (Å²) in [5.41, 5.74) is 3.96. The van der Waals surface area contributed by atoms with E-state index in [1.807, 2.05) is 24.4 Å². The molecule has 3 aliphatic rings. The van der Waals surface area contributed by atoms with Crippen molar-refractivity contribution in [2.75, 3.05) is 87.2 Å². The maximum absolute atomic E-state index is 10.2. The number of ether oxygens (including phenoxy) is 1. The molecule has 0 bridgehead atoms. The number of hydrogen-bond acceptors (Lipinski definition) is 10. The molecular formula is C28H36N8O2. The average Bonchev–Trinajstić information content (AvgIpc) is 3.40. The lowest BCUT2D eigenvalue weighted by Gasteiger charge is -2.28. The normalized spacial score (nSPS) is 18.0. The van der Waals surface area contributed by atoms with Crippen molar-refractivity contribution < 1.29 is 9.84 Å². The third-order valence-electron chi connectivity index (χ3n) is 7.45. The van der Waals surface area contributed by atoms with Gasteiger partial charge in [-0.15, -0.1) is 0 Å². The second kappa shape index (κ2) is 11.5. The van der Waals surface area contributed by atoms with Crippen molar-refractivity contribution in [2.45, 2.75) is 12.8 Å². The summed E-state index contributed by atoms with van der Waals surface area (Å²) in [6.07, 6.45) is 3.79. The lowest BCUT2D eigenvalue weighted by Crippen LogP contribution is -2.44. The van der Waals surface area contributed by atoms with E-state index in [1.54, 1.807) is 12.1 Å². The number of nitrogens with zero attached hydrogens (tertiary/aromatic N) is 6. The van der Waals surface area contributed by atoms with Gasteiger partial charge in [-0.1, -0.05) is 12.1 Å². The van der Waals surface area contributed by atoms with Gasteiger partial charge in [0.2, 0.25) is 5.95 Å². The number of rotatable bonds is 8. The second-order valence-corrected chi connectivity index (χ2v) is 10.00. The Kier molecular flexibility index (Phi) is 7.52. The van der Waals surface area contributed by atoms with Crippen molar-refractivity contribution >= 4 is 23.3 Å². The molecule has 2 fully saturated rings. The number of morpholine rings is 1. The van der Waals surface area contributed by atoms with Gasteiger partial charge in [-0.3, -0.25) is 0 Å². The number of phenols is 1. The highest BCUT2D eigenvalue weighted by atomic mass is 16.5. The Morgan fingerprint density at radius 3 is 2.71 bits per heavy atom. The van der Waals surface area contributed by atoms with E-state index in [0.29, 0.717) is 19.2 Å². The Morgan fingerprint density at radius 1 is 1.00 bits per heavy atom. The summed E-state index contributed by atoms with van der Waals surface area (Å²) in [7, 11) is 0. The molecule has 10 nitrogen and oxygen atoms in total. The smallest absolute Gasteiger partial charge is 0.228 e. The first-order valence-electron chi connectivity index (χ1n) is 13.7. The largest absolute Gasteiger partial charge is 0.508 e. The van der Waals surface area contributed by atoms with E-state index in [1.165, 1.54) is 0 Å². The van der Waals surface area contributed by atoms with Gasteiger partial charge in [-0.25, -0.2) is 9.97 Å². The maximum atomic E-state index is 10.2. The van der Waals surface area contributed by atoms with Crippen LogP contribution in [0.1, 0.15) is 12.0 Å². The minimum absolute atomic E-state index is 0.236. The van der Waals surface area contributed by atoms with Gasteiger partial charge in [0.05, 0.1) is 18.9 Å². The third-order valence-corrected chi connectivity index (χ3v) is 7.45. The number of piperazine rings is 1. The number of hydrogen-bond donors (Lipinski definition) is 3. The molecule has 38 heavy (non-hydrogen) atoms. The zero-order valence-corrected chi connectivity index (χ0v) is 21.8. The highest BCUT2D eigenvalue weighted by molar-refractivity contribution is 5.78. The van der Waals surface area contributed by atoms with E-state index in [4.69, 9.17) is 14.7 Å². The minimum Gasteiger partial charge on any atom is -0.508 e. The first-order valence-corrected chi connectivity index (χ1v) is 13.7. The molecule has 0 atom stereocenters. The molecule has 200 valence electrons. The van der Waals surface area contributed by atoms with Crippen molar-refractivity contribution in [1.82, 2.24) is 25.2 Å². The number of phenolic OH excluding ortho intramolecular Hbond substituents is 1. The Morgan fingerprint density at radius 2 is 1.87 bits per heavy atom. The Bertz CT molecular complexity index is 1240. The molecular weight excluding hydrogens is 480 g/mol. The van der Waals surface area contributed by atoms with Gasteiger partial charge < -0.3 is 35.2 Å². The van der Waals surface area contributed by atoms with Crippen LogP contribution in [-0.4, -0.2) is 97.1 Å². The van der Waals surface area contributed by atoms with Gasteiger partial charge in [-0.05, 0) is 37.6 Å². The molecule has 1 aromatic carbocycles. The topological polar surface area (TPSA) is 102 Å². The molecule has 3 aromatic rings. The molecule has 0 aliphatic carbocycles. The van der Waals surface area contributed by atoms with Crippen LogP contribution in [0.4, 0.5) is 23.3 Å². The van der Waals surface area contributed by atoms with Crippen LogP contribution in [0, 0.1) is 0 Å². The highest BCUT2D eigenvalue weighted by Gasteiger charge is 2.29. The number of anilines is 4. The summed E-state index contributed by atoms with van der Waals surface area (Å²) < 4.78 is 5.56. The molecule has 10 heteroatoms. The molecule has 3 N–H and O–H groups in total. The number of aromatic nitrogens is 3. The van der Waals surface area contributed by atoms with Crippen molar-refractivity contribution in [1.29, 1.82) is 0 Å². The van der Waals surface area contributed by atoms with Crippen LogP contribution >= 0.6 is 0 Å². The fourth-order valence-electron chi connectivity index (χ4n) is 5.43. The predicted octanol–water partition coefficient (Wildman–Crippen LogP) is 2.48. The van der Waals surface area contributed by atoms with Crippen LogP contribution < -0.4 is 20.4 Å². The molecule has 2 saturated heterocycles. The fourth-order valence-corrected chi connectivity index (χ4v) is 5.43. The summed E-state index contributed by atoms with van der Waals surface area (Å²) in [5, 5.41) is 17.1. The van der Waals surface area contributed by atoms with E-state index in [0.717, 1.165) is 106 Å². The third kappa shape index (κ3) is 5.52. The van der Waals surface area contributed by atoms with Crippen LogP contribution in [0.5, 0.6) is 5.75 Å². The van der Waals surface area contributed by atoms with E-state index in [-0.39, 0.29) is 5.75 Å². The average molecular weight is 517 g/mol. The van der Waals surface area contributed by atoms with E-state index in [9.17, 15) is 5.11 Å². The first-order chi connectivity index (χ1) is 18.7.